The van der Waals surface area contributed by atoms with Crippen LogP contribution in [0.3, 0.4) is 0 Å². The van der Waals surface area contributed by atoms with Crippen molar-refractivity contribution in [3.8, 4) is 28.3 Å². The second-order valence-electron chi connectivity index (χ2n) is 11.4. The van der Waals surface area contributed by atoms with Gasteiger partial charge in [0, 0.05) is 45.3 Å². The van der Waals surface area contributed by atoms with Gasteiger partial charge in [-0.25, -0.2) is 0 Å². The van der Waals surface area contributed by atoms with E-state index in [0.29, 0.717) is 0 Å². The monoisotopic (exact) mass is 550 g/mol. The number of nitrogens with zero attached hydrogens (tertiary/aromatic N) is 2. The molecule has 0 unspecified atom stereocenters. The van der Waals surface area contributed by atoms with Crippen LogP contribution in [0.1, 0.15) is 5.69 Å². The average Bonchev–Trinajstić information content (AvgIpc) is 3.37. The van der Waals surface area contributed by atoms with Gasteiger partial charge in [0.2, 0.25) is 0 Å². The van der Waals surface area contributed by atoms with Crippen LogP contribution >= 0.6 is 0 Å². The van der Waals surface area contributed by atoms with Crippen LogP contribution in [0.2, 0.25) is 0 Å². The molecule has 0 bridgehead atoms. The van der Waals surface area contributed by atoms with E-state index in [2.05, 4.69) is 162 Å². The zero-order valence-electron chi connectivity index (χ0n) is 23.7. The highest BCUT2D eigenvalue weighted by atomic mass is 16.5. The van der Waals surface area contributed by atoms with Gasteiger partial charge in [0.25, 0.3) is 6.71 Å². The molecule has 2 aliphatic heterocycles. The second kappa shape index (κ2) is 9.27. The first-order valence-electron chi connectivity index (χ1n) is 14.8. The van der Waals surface area contributed by atoms with Gasteiger partial charge in [-0.05, 0) is 65.3 Å². The standard InChI is InChI=1S/C39H27BN2O/c1-26-37(27-14-5-2-6-15-27)31-20-13-22-33-39(31)41(26)34-24-30(25-36-38(34)40(33)32-21-11-12-23-35(32)43-36)42(28-16-7-3-8-17-28)29-18-9-4-10-19-29/h2-25H,1H3. The fourth-order valence-electron chi connectivity index (χ4n) is 7.29. The zero-order valence-corrected chi connectivity index (χ0v) is 23.7. The van der Waals surface area contributed by atoms with Crippen LogP contribution in [-0.2, 0) is 0 Å². The molecule has 0 spiro atoms. The fourth-order valence-corrected chi connectivity index (χ4v) is 7.29. The van der Waals surface area contributed by atoms with Gasteiger partial charge in [-0.3, -0.25) is 0 Å². The number of ether oxygens (including phenoxy) is 1. The second-order valence-corrected chi connectivity index (χ2v) is 11.4. The Labute approximate surface area is 251 Å². The summed E-state index contributed by atoms with van der Waals surface area (Å²) in [6, 6.07) is 51.9. The third kappa shape index (κ3) is 3.50. The minimum atomic E-state index is 0.0834. The van der Waals surface area contributed by atoms with Crippen LogP contribution < -0.4 is 26.0 Å². The average molecular weight is 550 g/mol. The van der Waals surface area contributed by atoms with Gasteiger partial charge in [-0.15, -0.1) is 0 Å². The molecular weight excluding hydrogens is 523 g/mol. The Morgan fingerprint density at radius 3 is 1.93 bits per heavy atom. The predicted octanol–water partition coefficient (Wildman–Crippen LogP) is 8.01. The van der Waals surface area contributed by atoms with Crippen molar-refractivity contribution in [2.75, 3.05) is 4.90 Å². The molecule has 0 fully saturated rings. The highest BCUT2D eigenvalue weighted by Crippen LogP contribution is 2.43. The zero-order chi connectivity index (χ0) is 28.5. The van der Waals surface area contributed by atoms with E-state index in [1.807, 2.05) is 0 Å². The van der Waals surface area contributed by atoms with E-state index in [9.17, 15) is 0 Å². The molecule has 0 N–H and O–H groups in total. The number of benzene rings is 6. The molecule has 202 valence electrons. The Kier molecular flexibility index (Phi) is 5.21. The van der Waals surface area contributed by atoms with Crippen molar-refractivity contribution in [1.29, 1.82) is 0 Å². The lowest BCUT2D eigenvalue weighted by molar-refractivity contribution is 0.487. The van der Waals surface area contributed by atoms with Crippen molar-refractivity contribution >= 4 is 51.1 Å². The van der Waals surface area contributed by atoms with Gasteiger partial charge in [0.05, 0.1) is 5.69 Å². The van der Waals surface area contributed by atoms with Gasteiger partial charge in [0.15, 0.2) is 0 Å². The van der Waals surface area contributed by atoms with E-state index in [1.165, 1.54) is 49.8 Å². The number of para-hydroxylation sites is 4. The molecule has 1 aromatic heterocycles. The van der Waals surface area contributed by atoms with Crippen molar-refractivity contribution in [1.82, 2.24) is 4.57 Å². The summed E-state index contributed by atoms with van der Waals surface area (Å²) in [5.41, 5.74) is 13.2. The molecule has 0 amide bonds. The number of hydrogen-bond donors (Lipinski definition) is 0. The van der Waals surface area contributed by atoms with E-state index in [0.717, 1.165) is 28.6 Å². The summed E-state index contributed by atoms with van der Waals surface area (Å²) in [5.74, 6) is 1.83. The van der Waals surface area contributed by atoms with Gasteiger partial charge in [0.1, 0.15) is 11.5 Å². The molecule has 0 saturated heterocycles. The molecule has 9 rings (SSSR count). The number of rotatable bonds is 4. The smallest absolute Gasteiger partial charge is 0.256 e. The third-order valence-corrected chi connectivity index (χ3v) is 9.00. The topological polar surface area (TPSA) is 17.4 Å². The van der Waals surface area contributed by atoms with E-state index in [-0.39, 0.29) is 6.71 Å². The molecule has 0 aliphatic carbocycles. The number of fused-ring (bicyclic) bond motifs is 4. The molecule has 4 heteroatoms. The van der Waals surface area contributed by atoms with Gasteiger partial charge in [-0.2, -0.15) is 0 Å². The summed E-state index contributed by atoms with van der Waals surface area (Å²) in [7, 11) is 0. The molecule has 3 heterocycles. The van der Waals surface area contributed by atoms with Crippen molar-refractivity contribution in [3.05, 3.63) is 151 Å². The summed E-state index contributed by atoms with van der Waals surface area (Å²) in [6.07, 6.45) is 0. The summed E-state index contributed by atoms with van der Waals surface area (Å²) in [5, 5.41) is 1.28. The first-order chi connectivity index (χ1) is 21.3. The summed E-state index contributed by atoms with van der Waals surface area (Å²) in [4.78, 5) is 2.32. The SMILES string of the molecule is Cc1c(-c2ccccc2)c2cccc3c2n1-c1cc(N(c2ccccc2)c2ccccc2)cc2c1B3c1ccccc1O2. The van der Waals surface area contributed by atoms with Gasteiger partial charge >= 0.3 is 0 Å². The quantitative estimate of drug-likeness (QED) is 0.207. The van der Waals surface area contributed by atoms with Crippen LogP contribution in [0, 0.1) is 6.92 Å². The largest absolute Gasteiger partial charge is 0.458 e. The normalized spacial score (nSPS) is 12.4. The van der Waals surface area contributed by atoms with Crippen molar-refractivity contribution in [2.24, 2.45) is 0 Å². The summed E-state index contributed by atoms with van der Waals surface area (Å²) in [6.45, 7) is 2.34. The first-order valence-corrected chi connectivity index (χ1v) is 14.8. The van der Waals surface area contributed by atoms with Crippen LogP contribution in [-0.4, -0.2) is 11.3 Å². The Balaban J connectivity index is 1.40. The van der Waals surface area contributed by atoms with Gasteiger partial charge < -0.3 is 14.2 Å². The Morgan fingerprint density at radius 1 is 0.581 bits per heavy atom. The van der Waals surface area contributed by atoms with Crippen molar-refractivity contribution in [3.63, 3.8) is 0 Å². The molecule has 43 heavy (non-hydrogen) atoms. The Hall–Kier alpha value is -5.48. The van der Waals surface area contributed by atoms with E-state index >= 15 is 0 Å². The maximum absolute atomic E-state index is 6.79. The molecule has 0 saturated carbocycles. The summed E-state index contributed by atoms with van der Waals surface area (Å²) >= 11 is 0. The summed E-state index contributed by atoms with van der Waals surface area (Å²) < 4.78 is 9.27. The first kappa shape index (κ1) is 24.2. The maximum Gasteiger partial charge on any atom is 0.256 e. The predicted molar refractivity (Wildman–Crippen MR) is 179 cm³/mol. The van der Waals surface area contributed by atoms with Crippen LogP contribution in [0.15, 0.2) is 146 Å². The molecule has 7 aromatic rings. The van der Waals surface area contributed by atoms with E-state index < -0.39 is 0 Å². The van der Waals surface area contributed by atoms with Crippen molar-refractivity contribution in [2.45, 2.75) is 6.92 Å². The highest BCUT2D eigenvalue weighted by Gasteiger charge is 2.41. The Morgan fingerprint density at radius 2 is 1.21 bits per heavy atom. The molecule has 2 aliphatic rings. The van der Waals surface area contributed by atoms with E-state index in [1.54, 1.807) is 0 Å². The van der Waals surface area contributed by atoms with Crippen LogP contribution in [0.4, 0.5) is 17.1 Å². The molecule has 0 atom stereocenters. The Bertz CT molecular complexity index is 2130. The van der Waals surface area contributed by atoms with Crippen molar-refractivity contribution < 1.29 is 4.74 Å². The lowest BCUT2D eigenvalue weighted by atomic mass is 9.34. The number of hydrogen-bond acceptors (Lipinski definition) is 2. The van der Waals surface area contributed by atoms with Gasteiger partial charge in [-0.1, -0.05) is 103 Å². The molecule has 6 aromatic carbocycles. The fraction of sp³-hybridized carbons (Fsp3) is 0.0256. The number of aromatic nitrogens is 1. The maximum atomic E-state index is 6.79. The molecular formula is C39H27BN2O. The van der Waals surface area contributed by atoms with Crippen LogP contribution in [0.25, 0.3) is 27.7 Å². The number of anilines is 3. The molecule has 3 nitrogen and oxygen atoms in total. The van der Waals surface area contributed by atoms with E-state index in [4.69, 9.17) is 4.74 Å². The third-order valence-electron chi connectivity index (χ3n) is 9.00. The highest BCUT2D eigenvalue weighted by molar-refractivity contribution is 6.99. The lowest BCUT2D eigenvalue weighted by Crippen LogP contribution is -2.58. The molecule has 0 radical (unpaired) electrons. The minimum absolute atomic E-state index is 0.0834. The van der Waals surface area contributed by atoms with Crippen LogP contribution in [0.5, 0.6) is 11.5 Å². The minimum Gasteiger partial charge on any atom is -0.458 e. The lowest BCUT2D eigenvalue weighted by Gasteiger charge is -2.35.